The molecule has 0 heterocycles. The van der Waals surface area contributed by atoms with E-state index in [1.54, 1.807) is 0 Å². The second kappa shape index (κ2) is 6.42. The Morgan fingerprint density at radius 1 is 1.16 bits per heavy atom. The van der Waals surface area contributed by atoms with E-state index in [0.717, 1.165) is 25.1 Å². The van der Waals surface area contributed by atoms with Crippen LogP contribution in [-0.2, 0) is 6.42 Å². The molecule has 1 saturated carbocycles. The topological polar surface area (TPSA) is 35.2 Å². The van der Waals surface area contributed by atoms with Gasteiger partial charge in [0, 0.05) is 0 Å². The van der Waals surface area contributed by atoms with Crippen LogP contribution in [0.3, 0.4) is 0 Å². The minimum atomic E-state index is 0.235. The van der Waals surface area contributed by atoms with Gasteiger partial charge in [-0.3, -0.25) is 0 Å². The van der Waals surface area contributed by atoms with Crippen LogP contribution < -0.4 is 10.5 Å². The SMILES string of the molecule is CC(C)(CN)CCc1ccc(OC2CCCC2)cc1. The third-order valence-electron chi connectivity index (χ3n) is 4.17. The minimum absolute atomic E-state index is 0.235. The average Bonchev–Trinajstić information content (AvgIpc) is 2.91. The molecule has 0 amide bonds. The maximum absolute atomic E-state index is 5.98. The quantitative estimate of drug-likeness (QED) is 0.842. The molecule has 0 aromatic heterocycles. The van der Waals surface area contributed by atoms with Crippen LogP contribution in [0.4, 0.5) is 0 Å². The van der Waals surface area contributed by atoms with Gasteiger partial charge in [0.05, 0.1) is 6.10 Å². The van der Waals surface area contributed by atoms with Crippen molar-refractivity contribution in [3.63, 3.8) is 0 Å². The molecule has 1 aromatic carbocycles. The van der Waals surface area contributed by atoms with Gasteiger partial charge < -0.3 is 10.5 Å². The summed E-state index contributed by atoms with van der Waals surface area (Å²) in [6.45, 7) is 5.20. The molecular formula is C17H27NO. The Bertz CT molecular complexity index is 377. The van der Waals surface area contributed by atoms with Gasteiger partial charge >= 0.3 is 0 Å². The lowest BCUT2D eigenvalue weighted by Crippen LogP contribution is -2.24. The summed E-state index contributed by atoms with van der Waals surface area (Å²) in [6.07, 6.45) is 7.73. The molecule has 1 aliphatic rings. The molecular weight excluding hydrogens is 234 g/mol. The fourth-order valence-electron chi connectivity index (χ4n) is 2.52. The van der Waals surface area contributed by atoms with Crippen LogP contribution >= 0.6 is 0 Å². The number of hydrogen-bond acceptors (Lipinski definition) is 2. The van der Waals surface area contributed by atoms with Crippen LogP contribution in [0.2, 0.25) is 0 Å². The van der Waals surface area contributed by atoms with Crippen molar-refractivity contribution in [1.29, 1.82) is 0 Å². The van der Waals surface area contributed by atoms with Crippen molar-refractivity contribution in [2.75, 3.05) is 6.54 Å². The van der Waals surface area contributed by atoms with Crippen molar-refractivity contribution in [2.24, 2.45) is 11.1 Å². The molecule has 0 bridgehead atoms. The van der Waals surface area contributed by atoms with E-state index in [-0.39, 0.29) is 5.41 Å². The normalized spacial score (nSPS) is 16.8. The van der Waals surface area contributed by atoms with Crippen LogP contribution in [0.1, 0.15) is 51.5 Å². The summed E-state index contributed by atoms with van der Waals surface area (Å²) in [5, 5.41) is 0. The van der Waals surface area contributed by atoms with Gasteiger partial charge in [-0.1, -0.05) is 26.0 Å². The zero-order valence-electron chi connectivity index (χ0n) is 12.3. The van der Waals surface area contributed by atoms with Crippen LogP contribution in [0.25, 0.3) is 0 Å². The van der Waals surface area contributed by atoms with Crippen LogP contribution in [0, 0.1) is 5.41 Å². The number of ether oxygens (including phenoxy) is 1. The van der Waals surface area contributed by atoms with Crippen molar-refractivity contribution in [3.8, 4) is 5.75 Å². The summed E-state index contributed by atoms with van der Waals surface area (Å²) < 4.78 is 5.98. The third-order valence-corrected chi connectivity index (χ3v) is 4.17. The molecule has 19 heavy (non-hydrogen) atoms. The molecule has 2 heteroatoms. The smallest absolute Gasteiger partial charge is 0.119 e. The highest BCUT2D eigenvalue weighted by Crippen LogP contribution is 2.25. The molecule has 1 fully saturated rings. The van der Waals surface area contributed by atoms with E-state index >= 15 is 0 Å². The highest BCUT2D eigenvalue weighted by molar-refractivity contribution is 5.27. The zero-order valence-corrected chi connectivity index (χ0v) is 12.3. The lowest BCUT2D eigenvalue weighted by atomic mass is 9.86. The van der Waals surface area contributed by atoms with E-state index in [1.807, 2.05) is 0 Å². The Morgan fingerprint density at radius 2 is 1.79 bits per heavy atom. The van der Waals surface area contributed by atoms with Gasteiger partial charge in [-0.05, 0) is 68.2 Å². The van der Waals surface area contributed by atoms with Crippen LogP contribution in [0.15, 0.2) is 24.3 Å². The molecule has 2 N–H and O–H groups in total. The highest BCUT2D eigenvalue weighted by Gasteiger charge is 2.17. The number of hydrogen-bond donors (Lipinski definition) is 1. The summed E-state index contributed by atoms with van der Waals surface area (Å²) in [4.78, 5) is 0. The zero-order chi connectivity index (χ0) is 13.7. The monoisotopic (exact) mass is 261 g/mol. The van der Waals surface area contributed by atoms with Crippen molar-refractivity contribution in [1.82, 2.24) is 0 Å². The van der Waals surface area contributed by atoms with Crippen molar-refractivity contribution < 1.29 is 4.74 Å². The molecule has 0 spiro atoms. The highest BCUT2D eigenvalue weighted by atomic mass is 16.5. The van der Waals surface area contributed by atoms with Crippen LogP contribution in [0.5, 0.6) is 5.75 Å². The lowest BCUT2D eigenvalue weighted by Gasteiger charge is -2.22. The Balaban J connectivity index is 1.84. The molecule has 0 atom stereocenters. The summed E-state index contributed by atoms with van der Waals surface area (Å²) in [5.41, 5.74) is 7.38. The van der Waals surface area contributed by atoms with Gasteiger partial charge in [0.25, 0.3) is 0 Å². The largest absolute Gasteiger partial charge is 0.490 e. The molecule has 106 valence electrons. The maximum atomic E-state index is 5.98. The first-order chi connectivity index (χ1) is 9.09. The predicted molar refractivity (Wildman–Crippen MR) is 80.5 cm³/mol. The van der Waals surface area contributed by atoms with Gasteiger partial charge in [0.1, 0.15) is 5.75 Å². The summed E-state index contributed by atoms with van der Waals surface area (Å²) in [6, 6.07) is 8.61. The molecule has 1 aliphatic carbocycles. The number of rotatable bonds is 6. The van der Waals surface area contributed by atoms with Gasteiger partial charge in [-0.15, -0.1) is 0 Å². The Morgan fingerprint density at radius 3 is 2.37 bits per heavy atom. The second-order valence-electron chi connectivity index (χ2n) is 6.54. The van der Waals surface area contributed by atoms with E-state index < -0.39 is 0 Å². The maximum Gasteiger partial charge on any atom is 0.119 e. The van der Waals surface area contributed by atoms with Crippen molar-refractivity contribution >= 4 is 0 Å². The summed E-state index contributed by atoms with van der Waals surface area (Å²) in [5.74, 6) is 1.02. The minimum Gasteiger partial charge on any atom is -0.490 e. The van der Waals surface area contributed by atoms with E-state index in [4.69, 9.17) is 10.5 Å². The van der Waals surface area contributed by atoms with Crippen molar-refractivity contribution in [3.05, 3.63) is 29.8 Å². The Labute approximate surface area is 117 Å². The fourth-order valence-corrected chi connectivity index (χ4v) is 2.52. The average molecular weight is 261 g/mol. The van der Waals surface area contributed by atoms with E-state index in [2.05, 4.69) is 38.1 Å². The summed E-state index contributed by atoms with van der Waals surface area (Å²) in [7, 11) is 0. The van der Waals surface area contributed by atoms with Gasteiger partial charge in [-0.25, -0.2) is 0 Å². The number of nitrogens with two attached hydrogens (primary N) is 1. The first-order valence-electron chi connectivity index (χ1n) is 7.55. The lowest BCUT2D eigenvalue weighted by molar-refractivity contribution is 0.210. The Hall–Kier alpha value is -1.02. The standard InChI is InChI=1S/C17H27NO/c1-17(2,13-18)12-11-14-7-9-16(10-8-14)19-15-5-3-4-6-15/h7-10,15H,3-6,11-13,18H2,1-2H3. The van der Waals surface area contributed by atoms with Crippen LogP contribution in [-0.4, -0.2) is 12.6 Å². The molecule has 0 radical (unpaired) electrons. The van der Waals surface area contributed by atoms with Crippen molar-refractivity contribution in [2.45, 2.75) is 58.5 Å². The van der Waals surface area contributed by atoms with Gasteiger partial charge in [0.2, 0.25) is 0 Å². The van der Waals surface area contributed by atoms with E-state index in [0.29, 0.717) is 6.10 Å². The first-order valence-corrected chi connectivity index (χ1v) is 7.55. The predicted octanol–water partition coefficient (Wildman–Crippen LogP) is 3.93. The van der Waals surface area contributed by atoms with E-state index in [1.165, 1.54) is 31.2 Å². The third kappa shape index (κ3) is 4.54. The Kier molecular flexibility index (Phi) is 4.87. The molecule has 0 unspecified atom stereocenters. The molecule has 0 saturated heterocycles. The fraction of sp³-hybridized carbons (Fsp3) is 0.647. The number of benzene rings is 1. The van der Waals surface area contributed by atoms with Gasteiger partial charge in [0.15, 0.2) is 0 Å². The molecule has 2 rings (SSSR count). The molecule has 0 aliphatic heterocycles. The summed E-state index contributed by atoms with van der Waals surface area (Å²) >= 11 is 0. The molecule has 1 aromatic rings. The first kappa shape index (κ1) is 14.4. The number of aryl methyl sites for hydroxylation is 1. The van der Waals surface area contributed by atoms with Gasteiger partial charge in [-0.2, -0.15) is 0 Å². The second-order valence-corrected chi connectivity index (χ2v) is 6.54. The van der Waals surface area contributed by atoms with E-state index in [9.17, 15) is 0 Å². The molecule has 2 nitrogen and oxygen atoms in total.